The molecule has 1 aromatic heterocycles. The van der Waals surface area contributed by atoms with Gasteiger partial charge >= 0.3 is 0 Å². The number of rotatable bonds is 10. The Labute approximate surface area is 206 Å². The van der Waals surface area contributed by atoms with Gasteiger partial charge in [0, 0.05) is 47.9 Å². The Morgan fingerprint density at radius 1 is 0.750 bits per heavy atom. The monoisotopic (exact) mass is 487 g/mol. The molecular weight excluding hydrogens is 461 g/mol. The summed E-state index contributed by atoms with van der Waals surface area (Å²) in [5.74, 6) is 1.20. The van der Waals surface area contributed by atoms with Crippen LogP contribution in [0, 0.1) is 0 Å². The SMILES string of the molecule is Cl.ClCCN(CCCl)c1ccc(CCCNc2c3ccccc3nc3ccccc23)cc1. The lowest BCUT2D eigenvalue weighted by molar-refractivity contribution is 0.857. The van der Waals surface area contributed by atoms with Crippen molar-refractivity contribution in [3.8, 4) is 0 Å². The number of pyridine rings is 1. The third-order valence-electron chi connectivity index (χ3n) is 5.54. The molecule has 0 unspecified atom stereocenters. The average molecular weight is 489 g/mol. The minimum absolute atomic E-state index is 0. The van der Waals surface area contributed by atoms with Crippen molar-refractivity contribution >= 4 is 68.8 Å². The van der Waals surface area contributed by atoms with Gasteiger partial charge in [0.15, 0.2) is 0 Å². The second-order valence-corrected chi connectivity index (χ2v) is 8.34. The summed E-state index contributed by atoms with van der Waals surface area (Å²) in [6.45, 7) is 2.53. The van der Waals surface area contributed by atoms with Gasteiger partial charge in [-0.1, -0.05) is 48.5 Å². The molecule has 0 atom stereocenters. The van der Waals surface area contributed by atoms with Crippen molar-refractivity contribution < 1.29 is 0 Å². The molecule has 4 rings (SSSR count). The van der Waals surface area contributed by atoms with E-state index in [2.05, 4.69) is 70.9 Å². The minimum Gasteiger partial charge on any atom is -0.384 e. The van der Waals surface area contributed by atoms with Crippen LogP contribution in [0.4, 0.5) is 11.4 Å². The smallest absolute Gasteiger partial charge is 0.0730 e. The summed E-state index contributed by atoms with van der Waals surface area (Å²) in [7, 11) is 0. The van der Waals surface area contributed by atoms with Gasteiger partial charge in [0.05, 0.1) is 16.7 Å². The van der Waals surface area contributed by atoms with Crippen molar-refractivity contribution in [3.05, 3.63) is 78.4 Å². The lowest BCUT2D eigenvalue weighted by atomic mass is 10.1. The van der Waals surface area contributed by atoms with Gasteiger partial charge in [-0.2, -0.15) is 0 Å². The number of fused-ring (bicyclic) bond motifs is 2. The number of nitrogens with one attached hydrogen (secondary N) is 1. The molecule has 4 aromatic rings. The fourth-order valence-corrected chi connectivity index (χ4v) is 4.39. The van der Waals surface area contributed by atoms with E-state index in [1.165, 1.54) is 27.7 Å². The molecule has 0 amide bonds. The molecular formula is C26H28Cl3N3. The highest BCUT2D eigenvalue weighted by molar-refractivity contribution is 6.18. The molecule has 0 radical (unpaired) electrons. The molecule has 0 spiro atoms. The third-order valence-corrected chi connectivity index (χ3v) is 5.88. The second kappa shape index (κ2) is 12.2. The lowest BCUT2D eigenvalue weighted by Gasteiger charge is -2.23. The number of anilines is 2. The zero-order valence-corrected chi connectivity index (χ0v) is 20.3. The van der Waals surface area contributed by atoms with E-state index >= 15 is 0 Å². The Morgan fingerprint density at radius 3 is 1.88 bits per heavy atom. The van der Waals surface area contributed by atoms with Crippen LogP contribution in [0.1, 0.15) is 12.0 Å². The quantitative estimate of drug-likeness (QED) is 0.146. The van der Waals surface area contributed by atoms with Crippen molar-refractivity contribution in [1.82, 2.24) is 4.98 Å². The van der Waals surface area contributed by atoms with Crippen molar-refractivity contribution in [2.45, 2.75) is 12.8 Å². The first-order valence-electron chi connectivity index (χ1n) is 10.8. The van der Waals surface area contributed by atoms with E-state index in [4.69, 9.17) is 28.2 Å². The van der Waals surface area contributed by atoms with Gasteiger partial charge in [-0.15, -0.1) is 35.6 Å². The molecule has 1 heterocycles. The van der Waals surface area contributed by atoms with Crippen LogP contribution in [0.25, 0.3) is 21.8 Å². The summed E-state index contributed by atoms with van der Waals surface area (Å²) >= 11 is 11.9. The molecule has 0 bridgehead atoms. The molecule has 0 aliphatic carbocycles. The van der Waals surface area contributed by atoms with E-state index in [1.807, 2.05) is 12.1 Å². The first-order valence-corrected chi connectivity index (χ1v) is 11.8. The number of benzene rings is 3. The molecule has 0 aliphatic heterocycles. The van der Waals surface area contributed by atoms with E-state index in [0.29, 0.717) is 11.8 Å². The summed E-state index contributed by atoms with van der Waals surface area (Å²) in [6, 6.07) is 25.4. The van der Waals surface area contributed by atoms with Crippen molar-refractivity contribution in [3.63, 3.8) is 0 Å². The largest absolute Gasteiger partial charge is 0.384 e. The minimum atomic E-state index is 0. The van der Waals surface area contributed by atoms with Gasteiger partial charge in [-0.3, -0.25) is 0 Å². The number of aryl methyl sites for hydroxylation is 1. The number of halogens is 3. The number of hydrogen-bond acceptors (Lipinski definition) is 3. The highest BCUT2D eigenvalue weighted by atomic mass is 35.5. The first-order chi connectivity index (χ1) is 15.3. The highest BCUT2D eigenvalue weighted by Crippen LogP contribution is 2.30. The van der Waals surface area contributed by atoms with E-state index in [1.54, 1.807) is 0 Å². The zero-order chi connectivity index (χ0) is 21.5. The highest BCUT2D eigenvalue weighted by Gasteiger charge is 2.08. The summed E-state index contributed by atoms with van der Waals surface area (Å²) in [6.07, 6.45) is 2.08. The van der Waals surface area contributed by atoms with Crippen LogP contribution in [0.2, 0.25) is 0 Å². The van der Waals surface area contributed by atoms with Crippen LogP contribution in [-0.4, -0.2) is 36.4 Å². The van der Waals surface area contributed by atoms with E-state index in [-0.39, 0.29) is 12.4 Å². The maximum absolute atomic E-state index is 5.93. The van der Waals surface area contributed by atoms with Gasteiger partial charge in [-0.25, -0.2) is 4.98 Å². The summed E-state index contributed by atoms with van der Waals surface area (Å²) in [4.78, 5) is 7.03. The van der Waals surface area contributed by atoms with Crippen LogP contribution in [-0.2, 0) is 6.42 Å². The van der Waals surface area contributed by atoms with Gasteiger partial charge in [-0.05, 0) is 42.7 Å². The number of hydrogen-bond donors (Lipinski definition) is 1. The standard InChI is InChI=1S/C26H27Cl2N3.ClH/c27-15-18-31(19-16-28)21-13-11-20(12-14-21)6-5-17-29-26-22-7-1-3-9-24(22)30-25-10-4-2-8-23(25)26;/h1-4,7-14H,5-6,15-19H2,(H,29,30);1H. The molecule has 3 nitrogen and oxygen atoms in total. The van der Waals surface area contributed by atoms with Crippen molar-refractivity contribution in [2.24, 2.45) is 0 Å². The number of alkyl halides is 2. The van der Waals surface area contributed by atoms with Gasteiger partial charge in [0.1, 0.15) is 0 Å². The third kappa shape index (κ3) is 5.78. The normalized spacial score (nSPS) is 10.8. The van der Waals surface area contributed by atoms with Crippen LogP contribution >= 0.6 is 35.6 Å². The second-order valence-electron chi connectivity index (χ2n) is 7.58. The molecule has 1 N–H and O–H groups in total. The molecule has 3 aromatic carbocycles. The topological polar surface area (TPSA) is 28.2 Å². The number of nitrogens with zero attached hydrogens (tertiary/aromatic N) is 2. The maximum atomic E-state index is 5.93. The maximum Gasteiger partial charge on any atom is 0.0730 e. The predicted octanol–water partition coefficient (Wildman–Crippen LogP) is 7.14. The fourth-order valence-electron chi connectivity index (χ4n) is 3.98. The molecule has 168 valence electrons. The van der Waals surface area contributed by atoms with Crippen molar-refractivity contribution in [1.29, 1.82) is 0 Å². The zero-order valence-electron chi connectivity index (χ0n) is 17.9. The van der Waals surface area contributed by atoms with Crippen molar-refractivity contribution in [2.75, 3.05) is 41.6 Å². The molecule has 0 aliphatic rings. The molecule has 32 heavy (non-hydrogen) atoms. The molecule has 6 heteroatoms. The Morgan fingerprint density at radius 2 is 1.31 bits per heavy atom. The fraction of sp³-hybridized carbons (Fsp3) is 0.269. The van der Waals surface area contributed by atoms with Gasteiger partial charge < -0.3 is 10.2 Å². The number of aromatic nitrogens is 1. The Balaban J connectivity index is 0.00000289. The van der Waals surface area contributed by atoms with Crippen LogP contribution in [0.15, 0.2) is 72.8 Å². The number of para-hydroxylation sites is 2. The van der Waals surface area contributed by atoms with Gasteiger partial charge in [0.2, 0.25) is 0 Å². The summed E-state index contributed by atoms with van der Waals surface area (Å²) in [5.41, 5.74) is 5.74. The average Bonchev–Trinajstić information content (AvgIpc) is 2.81. The Hall–Kier alpha value is -2.20. The Kier molecular flexibility index (Phi) is 9.28. The molecule has 0 fully saturated rings. The van der Waals surface area contributed by atoms with E-state index < -0.39 is 0 Å². The lowest BCUT2D eigenvalue weighted by Crippen LogP contribution is -2.27. The van der Waals surface area contributed by atoms with E-state index in [9.17, 15) is 0 Å². The van der Waals surface area contributed by atoms with Crippen LogP contribution in [0.5, 0.6) is 0 Å². The Bertz CT molecular complexity index is 1070. The summed E-state index contributed by atoms with van der Waals surface area (Å²) in [5, 5.41) is 6.03. The van der Waals surface area contributed by atoms with Gasteiger partial charge in [0.25, 0.3) is 0 Å². The van der Waals surface area contributed by atoms with E-state index in [0.717, 1.165) is 43.5 Å². The summed E-state index contributed by atoms with van der Waals surface area (Å²) < 4.78 is 0. The first kappa shape index (κ1) is 24.4. The van der Waals surface area contributed by atoms with Crippen LogP contribution in [0.3, 0.4) is 0 Å². The van der Waals surface area contributed by atoms with Crippen LogP contribution < -0.4 is 10.2 Å². The predicted molar refractivity (Wildman–Crippen MR) is 143 cm³/mol. The molecule has 0 saturated heterocycles. The molecule has 0 saturated carbocycles.